The lowest BCUT2D eigenvalue weighted by atomic mass is 9.94. The van der Waals surface area contributed by atoms with Crippen LogP contribution in [-0.2, 0) is 4.74 Å². The molecule has 1 N–H and O–H groups in total. The number of piperidine rings is 1. The second kappa shape index (κ2) is 8.13. The highest BCUT2D eigenvalue weighted by Gasteiger charge is 2.28. The average molecular weight is 256 g/mol. The van der Waals surface area contributed by atoms with E-state index < -0.39 is 0 Å². The van der Waals surface area contributed by atoms with Gasteiger partial charge in [-0.1, -0.05) is 13.8 Å². The second-order valence-corrected chi connectivity index (χ2v) is 5.97. The number of nitrogens with zero attached hydrogens (tertiary/aromatic N) is 1. The molecular formula is C15H32N2O. The Morgan fingerprint density at radius 3 is 2.72 bits per heavy atom. The molecule has 1 heterocycles. The van der Waals surface area contributed by atoms with E-state index in [0.29, 0.717) is 24.1 Å². The summed E-state index contributed by atoms with van der Waals surface area (Å²) in [6, 6.07) is 1.26. The third kappa shape index (κ3) is 4.87. The van der Waals surface area contributed by atoms with Gasteiger partial charge in [-0.3, -0.25) is 4.90 Å². The van der Waals surface area contributed by atoms with Crippen molar-refractivity contribution in [3.63, 3.8) is 0 Å². The Bertz CT molecular complexity index is 223. The van der Waals surface area contributed by atoms with E-state index in [0.717, 1.165) is 13.1 Å². The summed E-state index contributed by atoms with van der Waals surface area (Å²) in [5, 5.41) is 3.58. The first-order valence-electron chi connectivity index (χ1n) is 7.58. The van der Waals surface area contributed by atoms with Gasteiger partial charge in [0.25, 0.3) is 0 Å². The SMILES string of the molecule is CCCNC(C)CC(C)N1CCC(C)C(OC)C1. The first-order chi connectivity index (χ1) is 8.58. The van der Waals surface area contributed by atoms with E-state index in [1.165, 1.54) is 25.8 Å². The number of likely N-dealkylation sites (tertiary alicyclic amines) is 1. The molecule has 0 aromatic heterocycles. The van der Waals surface area contributed by atoms with Gasteiger partial charge < -0.3 is 10.1 Å². The molecule has 0 radical (unpaired) electrons. The zero-order valence-corrected chi connectivity index (χ0v) is 12.9. The fourth-order valence-electron chi connectivity index (χ4n) is 2.90. The maximum atomic E-state index is 5.60. The van der Waals surface area contributed by atoms with Gasteiger partial charge in [0.15, 0.2) is 0 Å². The second-order valence-electron chi connectivity index (χ2n) is 5.97. The monoisotopic (exact) mass is 256 g/mol. The van der Waals surface area contributed by atoms with E-state index in [9.17, 15) is 0 Å². The van der Waals surface area contributed by atoms with Crippen molar-refractivity contribution < 1.29 is 4.74 Å². The lowest BCUT2D eigenvalue weighted by molar-refractivity contribution is -0.0186. The summed E-state index contributed by atoms with van der Waals surface area (Å²) in [5.41, 5.74) is 0. The molecule has 3 heteroatoms. The van der Waals surface area contributed by atoms with E-state index in [1.807, 2.05) is 7.11 Å². The van der Waals surface area contributed by atoms with Crippen LogP contribution in [0.4, 0.5) is 0 Å². The molecule has 0 amide bonds. The molecule has 0 saturated carbocycles. The quantitative estimate of drug-likeness (QED) is 0.757. The molecule has 18 heavy (non-hydrogen) atoms. The van der Waals surface area contributed by atoms with Crippen LogP contribution in [0, 0.1) is 5.92 Å². The molecule has 1 saturated heterocycles. The number of hydrogen-bond donors (Lipinski definition) is 1. The predicted molar refractivity (Wildman–Crippen MR) is 78.0 cm³/mol. The van der Waals surface area contributed by atoms with Crippen molar-refractivity contribution in [3.8, 4) is 0 Å². The summed E-state index contributed by atoms with van der Waals surface area (Å²) in [7, 11) is 1.85. The van der Waals surface area contributed by atoms with Crippen molar-refractivity contribution in [1.29, 1.82) is 0 Å². The number of methoxy groups -OCH3 is 1. The Hall–Kier alpha value is -0.120. The largest absolute Gasteiger partial charge is 0.380 e. The first-order valence-corrected chi connectivity index (χ1v) is 7.58. The number of rotatable bonds is 7. The van der Waals surface area contributed by atoms with Crippen LogP contribution < -0.4 is 5.32 Å². The summed E-state index contributed by atoms with van der Waals surface area (Å²) in [5.74, 6) is 0.703. The van der Waals surface area contributed by atoms with Gasteiger partial charge in [0, 0.05) is 25.7 Å². The zero-order valence-electron chi connectivity index (χ0n) is 12.9. The molecular weight excluding hydrogens is 224 g/mol. The molecule has 4 atom stereocenters. The van der Waals surface area contributed by atoms with Crippen LogP contribution in [0.25, 0.3) is 0 Å². The molecule has 0 aromatic carbocycles. The molecule has 0 aliphatic carbocycles. The fraction of sp³-hybridized carbons (Fsp3) is 1.00. The number of nitrogens with one attached hydrogen (secondary N) is 1. The minimum atomic E-state index is 0.417. The highest BCUT2D eigenvalue weighted by molar-refractivity contribution is 4.83. The maximum Gasteiger partial charge on any atom is 0.0724 e. The van der Waals surface area contributed by atoms with Gasteiger partial charge in [0.05, 0.1) is 6.10 Å². The third-order valence-electron chi connectivity index (χ3n) is 4.28. The Morgan fingerprint density at radius 2 is 2.11 bits per heavy atom. The van der Waals surface area contributed by atoms with Crippen LogP contribution in [-0.4, -0.2) is 49.8 Å². The highest BCUT2D eigenvalue weighted by atomic mass is 16.5. The third-order valence-corrected chi connectivity index (χ3v) is 4.28. The van der Waals surface area contributed by atoms with Crippen LogP contribution >= 0.6 is 0 Å². The van der Waals surface area contributed by atoms with E-state index in [-0.39, 0.29) is 0 Å². The van der Waals surface area contributed by atoms with Crippen molar-refractivity contribution in [2.45, 2.75) is 65.1 Å². The topological polar surface area (TPSA) is 24.5 Å². The van der Waals surface area contributed by atoms with Crippen LogP contribution in [0.5, 0.6) is 0 Å². The van der Waals surface area contributed by atoms with Gasteiger partial charge in [-0.15, -0.1) is 0 Å². The smallest absolute Gasteiger partial charge is 0.0724 e. The summed E-state index contributed by atoms with van der Waals surface area (Å²) in [4.78, 5) is 2.60. The lowest BCUT2D eigenvalue weighted by Crippen LogP contribution is -2.49. The van der Waals surface area contributed by atoms with Gasteiger partial charge in [-0.2, -0.15) is 0 Å². The minimum Gasteiger partial charge on any atom is -0.380 e. The van der Waals surface area contributed by atoms with E-state index in [2.05, 4.69) is 37.9 Å². The van der Waals surface area contributed by atoms with Gasteiger partial charge in [0.1, 0.15) is 0 Å². The molecule has 108 valence electrons. The van der Waals surface area contributed by atoms with E-state index in [4.69, 9.17) is 4.74 Å². The van der Waals surface area contributed by atoms with Crippen molar-refractivity contribution in [2.24, 2.45) is 5.92 Å². The predicted octanol–water partition coefficient (Wildman–Crippen LogP) is 2.51. The van der Waals surface area contributed by atoms with Gasteiger partial charge in [0.2, 0.25) is 0 Å². The Kier molecular flexibility index (Phi) is 7.20. The Balaban J connectivity index is 2.34. The molecule has 0 aromatic rings. The molecule has 4 unspecified atom stereocenters. The molecule has 3 nitrogen and oxygen atoms in total. The summed E-state index contributed by atoms with van der Waals surface area (Å²) in [6.45, 7) is 12.6. The maximum absolute atomic E-state index is 5.60. The molecule has 1 aliphatic heterocycles. The van der Waals surface area contributed by atoms with Crippen molar-refractivity contribution >= 4 is 0 Å². The van der Waals surface area contributed by atoms with Crippen LogP contribution in [0.1, 0.15) is 47.0 Å². The molecule has 0 bridgehead atoms. The zero-order chi connectivity index (χ0) is 13.5. The normalized spacial score (nSPS) is 29.2. The Labute approximate surface area is 113 Å². The van der Waals surface area contributed by atoms with Crippen molar-refractivity contribution in [3.05, 3.63) is 0 Å². The molecule has 1 aliphatic rings. The number of ether oxygens (including phenoxy) is 1. The molecule has 1 fully saturated rings. The van der Waals surface area contributed by atoms with Crippen LogP contribution in [0.3, 0.4) is 0 Å². The molecule has 1 rings (SSSR count). The van der Waals surface area contributed by atoms with Gasteiger partial charge >= 0.3 is 0 Å². The van der Waals surface area contributed by atoms with Crippen molar-refractivity contribution in [1.82, 2.24) is 10.2 Å². The summed E-state index contributed by atoms with van der Waals surface area (Å²) < 4.78 is 5.60. The summed E-state index contributed by atoms with van der Waals surface area (Å²) in [6.07, 6.45) is 4.12. The van der Waals surface area contributed by atoms with Crippen LogP contribution in [0.2, 0.25) is 0 Å². The highest BCUT2D eigenvalue weighted by Crippen LogP contribution is 2.22. The van der Waals surface area contributed by atoms with E-state index in [1.54, 1.807) is 0 Å². The van der Waals surface area contributed by atoms with E-state index >= 15 is 0 Å². The number of hydrogen-bond acceptors (Lipinski definition) is 3. The van der Waals surface area contributed by atoms with Gasteiger partial charge in [-0.05, 0) is 52.1 Å². The lowest BCUT2D eigenvalue weighted by Gasteiger charge is -2.40. The first kappa shape index (κ1) is 15.9. The minimum absolute atomic E-state index is 0.417. The Morgan fingerprint density at radius 1 is 1.39 bits per heavy atom. The average Bonchev–Trinajstić information content (AvgIpc) is 2.36. The standard InChI is InChI=1S/C15H32N2O/c1-6-8-16-13(3)10-14(4)17-9-7-12(2)15(11-17)18-5/h12-16H,6-11H2,1-5H3. The van der Waals surface area contributed by atoms with Crippen LogP contribution in [0.15, 0.2) is 0 Å². The van der Waals surface area contributed by atoms with Gasteiger partial charge in [-0.25, -0.2) is 0 Å². The van der Waals surface area contributed by atoms with Crippen molar-refractivity contribution in [2.75, 3.05) is 26.7 Å². The fourth-order valence-corrected chi connectivity index (χ4v) is 2.90. The summed E-state index contributed by atoms with van der Waals surface area (Å²) >= 11 is 0. The molecule has 0 spiro atoms.